The number of aliphatic imine (C=N–C) groups is 1. The summed E-state index contributed by atoms with van der Waals surface area (Å²) >= 11 is 0. The summed E-state index contributed by atoms with van der Waals surface area (Å²) in [5.74, 6) is 3.43. The third kappa shape index (κ3) is 5.00. The van der Waals surface area contributed by atoms with Gasteiger partial charge in [-0.2, -0.15) is 0 Å². The Morgan fingerprint density at radius 3 is 2.76 bits per heavy atom. The number of ether oxygens (including phenoxy) is 1. The first-order valence-electron chi connectivity index (χ1n) is 10.8. The first-order chi connectivity index (χ1) is 14.3. The number of hydrogen-bond donors (Lipinski definition) is 2. The first kappa shape index (κ1) is 19.6. The van der Waals surface area contributed by atoms with Crippen molar-refractivity contribution in [2.45, 2.75) is 38.1 Å². The average molecular weight is 394 g/mol. The second-order valence-electron chi connectivity index (χ2n) is 7.69. The number of pyridine rings is 1. The van der Waals surface area contributed by atoms with Crippen molar-refractivity contribution >= 4 is 11.8 Å². The highest BCUT2D eigenvalue weighted by Crippen LogP contribution is 2.33. The van der Waals surface area contributed by atoms with Crippen LogP contribution in [0.1, 0.15) is 37.7 Å². The largest absolute Gasteiger partial charge is 0.493 e. The van der Waals surface area contributed by atoms with E-state index in [0.717, 1.165) is 69.6 Å². The first-order valence-corrected chi connectivity index (χ1v) is 10.8. The van der Waals surface area contributed by atoms with E-state index in [9.17, 15) is 0 Å². The Kier molecular flexibility index (Phi) is 6.49. The van der Waals surface area contributed by atoms with Gasteiger partial charge in [-0.1, -0.05) is 24.3 Å². The zero-order valence-corrected chi connectivity index (χ0v) is 17.2. The number of guanidine groups is 1. The summed E-state index contributed by atoms with van der Waals surface area (Å²) in [7, 11) is 0. The molecule has 1 atom stereocenters. The highest BCUT2D eigenvalue weighted by Gasteiger charge is 2.23. The topological polar surface area (TPSA) is 61.8 Å². The number of piperidine rings is 1. The van der Waals surface area contributed by atoms with Gasteiger partial charge >= 0.3 is 0 Å². The maximum Gasteiger partial charge on any atom is 0.191 e. The molecule has 1 aromatic carbocycles. The van der Waals surface area contributed by atoms with E-state index in [1.807, 2.05) is 18.3 Å². The van der Waals surface area contributed by atoms with Gasteiger partial charge in [-0.15, -0.1) is 0 Å². The van der Waals surface area contributed by atoms with Crippen LogP contribution in [-0.2, 0) is 0 Å². The smallest absolute Gasteiger partial charge is 0.191 e. The summed E-state index contributed by atoms with van der Waals surface area (Å²) in [5, 5.41) is 7.07. The van der Waals surface area contributed by atoms with Crippen molar-refractivity contribution < 1.29 is 4.74 Å². The molecule has 2 N–H and O–H groups in total. The maximum absolute atomic E-state index is 5.79. The van der Waals surface area contributed by atoms with E-state index in [1.54, 1.807) is 0 Å². The lowest BCUT2D eigenvalue weighted by Crippen LogP contribution is -2.49. The lowest BCUT2D eigenvalue weighted by Gasteiger charge is -2.34. The summed E-state index contributed by atoms with van der Waals surface area (Å²) in [6.45, 7) is 6.56. The molecule has 2 aliphatic heterocycles. The second kappa shape index (κ2) is 9.63. The number of benzene rings is 1. The number of fused-ring (bicyclic) bond motifs is 1. The summed E-state index contributed by atoms with van der Waals surface area (Å²) in [5.41, 5.74) is 1.28. The molecule has 2 aliphatic rings. The van der Waals surface area contributed by atoms with Gasteiger partial charge in [0.2, 0.25) is 0 Å². The normalized spacial score (nSPS) is 20.0. The molecule has 0 amide bonds. The minimum Gasteiger partial charge on any atom is -0.493 e. The number of nitrogens with one attached hydrogen (secondary N) is 2. The van der Waals surface area contributed by atoms with Crippen molar-refractivity contribution in [1.82, 2.24) is 15.6 Å². The molecule has 2 aromatic rings. The van der Waals surface area contributed by atoms with Gasteiger partial charge in [-0.3, -0.25) is 4.99 Å². The van der Waals surface area contributed by atoms with Crippen LogP contribution in [0.3, 0.4) is 0 Å². The van der Waals surface area contributed by atoms with E-state index in [2.05, 4.69) is 57.8 Å². The molecule has 0 radical (unpaired) electrons. The fraction of sp³-hybridized carbons (Fsp3) is 0.478. The van der Waals surface area contributed by atoms with Crippen LogP contribution in [0.25, 0.3) is 0 Å². The van der Waals surface area contributed by atoms with Gasteiger partial charge in [0, 0.05) is 44.3 Å². The number of hydrogen-bond acceptors (Lipinski definition) is 4. The molecule has 154 valence electrons. The second-order valence-corrected chi connectivity index (χ2v) is 7.69. The van der Waals surface area contributed by atoms with Crippen LogP contribution in [0, 0.1) is 0 Å². The van der Waals surface area contributed by atoms with E-state index in [1.165, 1.54) is 5.56 Å². The number of anilines is 1. The van der Waals surface area contributed by atoms with E-state index in [-0.39, 0.29) is 0 Å². The number of nitrogens with zero attached hydrogens (tertiary/aromatic N) is 3. The fourth-order valence-electron chi connectivity index (χ4n) is 4.11. The highest BCUT2D eigenvalue weighted by molar-refractivity contribution is 5.80. The zero-order chi connectivity index (χ0) is 19.9. The van der Waals surface area contributed by atoms with Crippen molar-refractivity contribution in [1.29, 1.82) is 0 Å². The van der Waals surface area contributed by atoms with Gasteiger partial charge in [-0.05, 0) is 49.9 Å². The van der Waals surface area contributed by atoms with Gasteiger partial charge in [0.1, 0.15) is 11.6 Å². The highest BCUT2D eigenvalue weighted by atomic mass is 16.5. The van der Waals surface area contributed by atoms with Gasteiger partial charge in [-0.25, -0.2) is 4.98 Å². The predicted octanol–water partition coefficient (Wildman–Crippen LogP) is 3.17. The van der Waals surface area contributed by atoms with Crippen LogP contribution in [0.4, 0.5) is 5.82 Å². The van der Waals surface area contributed by atoms with Crippen LogP contribution < -0.4 is 20.3 Å². The molecule has 4 rings (SSSR count). The van der Waals surface area contributed by atoms with Crippen molar-refractivity contribution in [3.05, 3.63) is 54.2 Å². The summed E-state index contributed by atoms with van der Waals surface area (Å²) in [4.78, 5) is 11.8. The minimum atomic E-state index is 0.418. The molecule has 6 nitrogen and oxygen atoms in total. The Hall–Kier alpha value is -2.76. The standard InChI is InChI=1S/C23H31N5O/c1-2-24-23(26-17-18-12-16-29-21-8-4-3-7-20(18)21)27-19-10-14-28(15-11-19)22-9-5-6-13-25-22/h3-9,13,18-19H,2,10-12,14-17H2,1H3,(H2,24,26,27). The Balaban J connectivity index is 1.34. The minimum absolute atomic E-state index is 0.418. The van der Waals surface area contributed by atoms with Crippen molar-refractivity contribution in [3.63, 3.8) is 0 Å². The summed E-state index contributed by atoms with van der Waals surface area (Å²) < 4.78 is 5.79. The van der Waals surface area contributed by atoms with Gasteiger partial charge in [0.05, 0.1) is 6.61 Å². The number of aromatic nitrogens is 1. The van der Waals surface area contributed by atoms with E-state index >= 15 is 0 Å². The van der Waals surface area contributed by atoms with Crippen LogP contribution in [-0.4, -0.2) is 49.8 Å². The molecule has 6 heteroatoms. The van der Waals surface area contributed by atoms with Gasteiger partial charge in [0.15, 0.2) is 5.96 Å². The molecular formula is C23H31N5O. The maximum atomic E-state index is 5.79. The molecule has 0 aliphatic carbocycles. The van der Waals surface area contributed by atoms with Gasteiger partial charge < -0.3 is 20.3 Å². The van der Waals surface area contributed by atoms with Crippen molar-refractivity contribution in [3.8, 4) is 5.75 Å². The molecule has 0 saturated carbocycles. The molecule has 0 spiro atoms. The Labute approximate surface area is 173 Å². The van der Waals surface area contributed by atoms with Crippen LogP contribution in [0.15, 0.2) is 53.7 Å². The van der Waals surface area contributed by atoms with Crippen LogP contribution >= 0.6 is 0 Å². The molecule has 1 unspecified atom stereocenters. The molecule has 1 fully saturated rings. The Morgan fingerprint density at radius 2 is 1.97 bits per heavy atom. The molecule has 1 aromatic heterocycles. The molecular weight excluding hydrogens is 362 g/mol. The molecule has 1 saturated heterocycles. The lowest BCUT2D eigenvalue weighted by atomic mass is 9.93. The van der Waals surface area contributed by atoms with Crippen LogP contribution in [0.5, 0.6) is 5.75 Å². The van der Waals surface area contributed by atoms with E-state index < -0.39 is 0 Å². The van der Waals surface area contributed by atoms with E-state index in [4.69, 9.17) is 9.73 Å². The monoisotopic (exact) mass is 393 g/mol. The molecule has 0 bridgehead atoms. The SMILES string of the molecule is CCNC(=NCC1CCOc2ccccc21)NC1CCN(c2ccccn2)CC1. The van der Waals surface area contributed by atoms with Crippen molar-refractivity contribution in [2.75, 3.05) is 37.7 Å². The third-order valence-corrected chi connectivity index (χ3v) is 5.71. The average Bonchev–Trinajstić information content (AvgIpc) is 2.79. The quantitative estimate of drug-likeness (QED) is 0.604. The van der Waals surface area contributed by atoms with Crippen molar-refractivity contribution in [2.24, 2.45) is 4.99 Å². The Morgan fingerprint density at radius 1 is 1.14 bits per heavy atom. The fourth-order valence-corrected chi connectivity index (χ4v) is 4.11. The predicted molar refractivity (Wildman–Crippen MR) is 118 cm³/mol. The lowest BCUT2D eigenvalue weighted by molar-refractivity contribution is 0.269. The summed E-state index contributed by atoms with van der Waals surface area (Å²) in [6, 6.07) is 14.9. The van der Waals surface area contributed by atoms with Crippen LogP contribution in [0.2, 0.25) is 0 Å². The molecule has 3 heterocycles. The molecule has 29 heavy (non-hydrogen) atoms. The third-order valence-electron chi connectivity index (χ3n) is 5.71. The summed E-state index contributed by atoms with van der Waals surface area (Å²) in [6.07, 6.45) is 5.05. The number of para-hydroxylation sites is 1. The number of rotatable bonds is 5. The van der Waals surface area contributed by atoms with Gasteiger partial charge in [0.25, 0.3) is 0 Å². The van der Waals surface area contributed by atoms with E-state index in [0.29, 0.717) is 12.0 Å². The zero-order valence-electron chi connectivity index (χ0n) is 17.2. The Bertz CT molecular complexity index is 802.